The van der Waals surface area contributed by atoms with Crippen molar-refractivity contribution in [3.05, 3.63) is 101 Å². The summed E-state index contributed by atoms with van der Waals surface area (Å²) in [6.45, 7) is 2.12. The van der Waals surface area contributed by atoms with Gasteiger partial charge >= 0.3 is 5.76 Å². The predicted octanol–water partition coefficient (Wildman–Crippen LogP) is 3.97. The van der Waals surface area contributed by atoms with E-state index in [-0.39, 0.29) is 13.0 Å². The lowest BCUT2D eigenvalue weighted by molar-refractivity contribution is -0.122. The maximum Gasteiger partial charge on any atom is 0.419 e. The van der Waals surface area contributed by atoms with E-state index >= 15 is 0 Å². The topological polar surface area (TPSA) is 106 Å². The third kappa shape index (κ3) is 4.54. The Morgan fingerprint density at radius 3 is 2.51 bits per heavy atom. The van der Waals surface area contributed by atoms with Crippen molar-refractivity contribution in [3.8, 4) is 11.3 Å². The van der Waals surface area contributed by atoms with Gasteiger partial charge in [-0.2, -0.15) is 0 Å². The molecule has 3 aromatic carbocycles. The summed E-state index contributed by atoms with van der Waals surface area (Å²) < 4.78 is 6.57. The normalized spacial score (nSPS) is 11.0. The quantitative estimate of drug-likeness (QED) is 0.381. The Morgan fingerprint density at radius 2 is 1.69 bits per heavy atom. The molecule has 0 unspecified atom stereocenters. The van der Waals surface area contributed by atoms with Crippen LogP contribution in [0.4, 0.5) is 0 Å². The van der Waals surface area contributed by atoms with Gasteiger partial charge in [0, 0.05) is 23.9 Å². The number of hydrogen-bond donors (Lipinski definition) is 2. The van der Waals surface area contributed by atoms with Gasteiger partial charge in [0.15, 0.2) is 5.58 Å². The van der Waals surface area contributed by atoms with E-state index in [0.717, 1.165) is 11.1 Å². The zero-order valence-electron chi connectivity index (χ0n) is 18.9. The average Bonchev–Trinajstić information content (AvgIpc) is 3.20. The fourth-order valence-electron chi connectivity index (χ4n) is 3.93. The predicted molar refractivity (Wildman–Crippen MR) is 133 cm³/mol. The summed E-state index contributed by atoms with van der Waals surface area (Å²) >= 11 is 0. The average molecular weight is 466 g/mol. The Bertz CT molecular complexity index is 1620. The van der Waals surface area contributed by atoms with E-state index in [1.54, 1.807) is 30.3 Å². The molecule has 174 valence electrons. The lowest BCUT2D eigenvalue weighted by Crippen LogP contribution is -2.42. The van der Waals surface area contributed by atoms with Crippen LogP contribution in [-0.2, 0) is 11.3 Å². The van der Waals surface area contributed by atoms with Gasteiger partial charge < -0.3 is 4.42 Å². The number of pyridine rings is 1. The second-order valence-corrected chi connectivity index (χ2v) is 8.18. The Hall–Kier alpha value is -4.72. The minimum absolute atomic E-state index is 0.0184. The van der Waals surface area contributed by atoms with Crippen molar-refractivity contribution in [1.82, 2.24) is 20.4 Å². The monoisotopic (exact) mass is 466 g/mol. The highest BCUT2D eigenvalue weighted by molar-refractivity contribution is 6.07. The molecule has 0 radical (unpaired) electrons. The molecule has 0 saturated carbocycles. The second-order valence-electron chi connectivity index (χ2n) is 8.18. The molecular weight excluding hydrogens is 444 g/mol. The van der Waals surface area contributed by atoms with Gasteiger partial charge in [0.25, 0.3) is 5.91 Å². The molecule has 0 saturated heterocycles. The van der Waals surface area contributed by atoms with E-state index in [1.165, 1.54) is 4.57 Å². The molecule has 8 nitrogen and oxygen atoms in total. The van der Waals surface area contributed by atoms with Crippen LogP contribution in [0.3, 0.4) is 0 Å². The van der Waals surface area contributed by atoms with Crippen LogP contribution in [0.5, 0.6) is 0 Å². The fourth-order valence-corrected chi connectivity index (χ4v) is 3.93. The highest BCUT2D eigenvalue weighted by Gasteiger charge is 2.15. The maximum absolute atomic E-state index is 13.0. The van der Waals surface area contributed by atoms with Crippen LogP contribution in [0, 0.1) is 6.92 Å². The van der Waals surface area contributed by atoms with E-state index in [9.17, 15) is 14.4 Å². The molecule has 0 aliphatic carbocycles. The first-order chi connectivity index (χ1) is 17.0. The van der Waals surface area contributed by atoms with Gasteiger partial charge in [-0.1, -0.05) is 60.2 Å². The van der Waals surface area contributed by atoms with Crippen molar-refractivity contribution in [3.63, 3.8) is 0 Å². The molecule has 0 atom stereocenters. The Morgan fingerprint density at radius 1 is 0.943 bits per heavy atom. The minimum atomic E-state index is -0.532. The van der Waals surface area contributed by atoms with E-state index in [4.69, 9.17) is 9.40 Å². The SMILES string of the molecule is Cc1ccc(-c2cc(C(=O)NNC(=O)CCn3c(=O)oc4ccccc43)c3ccccc3n2)cc1. The molecule has 0 fully saturated rings. The molecule has 0 aliphatic rings. The zero-order chi connectivity index (χ0) is 24.4. The lowest BCUT2D eigenvalue weighted by atomic mass is 10.0. The zero-order valence-corrected chi connectivity index (χ0v) is 18.9. The van der Waals surface area contributed by atoms with Gasteiger partial charge in [0.05, 0.1) is 22.3 Å². The van der Waals surface area contributed by atoms with Crippen LogP contribution in [0.25, 0.3) is 33.3 Å². The first-order valence-electron chi connectivity index (χ1n) is 11.1. The van der Waals surface area contributed by atoms with E-state index in [0.29, 0.717) is 33.3 Å². The number of para-hydroxylation sites is 3. The Kier molecular flexibility index (Phi) is 5.85. The molecule has 2 N–H and O–H groups in total. The fraction of sp³-hybridized carbons (Fsp3) is 0.111. The van der Waals surface area contributed by atoms with Crippen molar-refractivity contribution in [2.75, 3.05) is 0 Å². The van der Waals surface area contributed by atoms with E-state index < -0.39 is 17.6 Å². The highest BCUT2D eigenvalue weighted by atomic mass is 16.4. The molecule has 35 heavy (non-hydrogen) atoms. The number of oxazole rings is 1. The molecule has 2 heterocycles. The largest absolute Gasteiger partial charge is 0.419 e. The van der Waals surface area contributed by atoms with Crippen molar-refractivity contribution in [2.45, 2.75) is 19.9 Å². The van der Waals surface area contributed by atoms with E-state index in [2.05, 4.69) is 10.9 Å². The summed E-state index contributed by atoms with van der Waals surface area (Å²) in [5, 5.41) is 0.673. The standard InChI is InChI=1S/C27H22N4O4/c1-17-10-12-18(13-11-17)22-16-20(19-6-2-3-7-21(19)28-22)26(33)30-29-25(32)14-15-31-23-8-4-5-9-24(23)35-27(31)34/h2-13,16H,14-15H2,1H3,(H,29,32)(H,30,33). The van der Waals surface area contributed by atoms with Crippen LogP contribution < -0.4 is 16.6 Å². The van der Waals surface area contributed by atoms with Crippen molar-refractivity contribution in [2.24, 2.45) is 0 Å². The first kappa shape index (κ1) is 22.1. The number of aromatic nitrogens is 2. The number of hydrazine groups is 1. The molecule has 0 spiro atoms. The van der Waals surface area contributed by atoms with Gasteiger partial charge in [-0.15, -0.1) is 0 Å². The van der Waals surface area contributed by atoms with Crippen molar-refractivity contribution >= 4 is 33.8 Å². The van der Waals surface area contributed by atoms with Gasteiger partial charge in [0.2, 0.25) is 5.91 Å². The summed E-state index contributed by atoms with van der Waals surface area (Å²) in [6, 6.07) is 23.9. The number of aryl methyl sites for hydroxylation is 2. The number of rotatable bonds is 5. The van der Waals surface area contributed by atoms with Gasteiger partial charge in [-0.3, -0.25) is 25.0 Å². The van der Waals surface area contributed by atoms with Crippen LogP contribution in [0.1, 0.15) is 22.3 Å². The third-order valence-electron chi connectivity index (χ3n) is 5.76. The van der Waals surface area contributed by atoms with Crippen LogP contribution in [0.2, 0.25) is 0 Å². The van der Waals surface area contributed by atoms with Gasteiger partial charge in [-0.05, 0) is 31.2 Å². The van der Waals surface area contributed by atoms with E-state index in [1.807, 2.05) is 55.5 Å². The minimum Gasteiger partial charge on any atom is -0.408 e. The molecule has 2 aromatic heterocycles. The number of nitrogens with one attached hydrogen (secondary N) is 2. The first-order valence-corrected chi connectivity index (χ1v) is 11.1. The Balaban J connectivity index is 1.32. The number of carbonyl (C=O) groups excluding carboxylic acids is 2. The summed E-state index contributed by atoms with van der Waals surface area (Å²) in [4.78, 5) is 42.2. The third-order valence-corrected chi connectivity index (χ3v) is 5.76. The van der Waals surface area contributed by atoms with Gasteiger partial charge in [0.1, 0.15) is 0 Å². The van der Waals surface area contributed by atoms with Crippen LogP contribution in [0.15, 0.2) is 88.1 Å². The Labute approximate surface area is 200 Å². The number of amides is 2. The molecule has 2 amide bonds. The molecule has 0 bridgehead atoms. The summed E-state index contributed by atoms with van der Waals surface area (Å²) in [5.74, 6) is -1.43. The number of fused-ring (bicyclic) bond motifs is 2. The second kappa shape index (κ2) is 9.26. The molecule has 5 rings (SSSR count). The molecule has 8 heteroatoms. The lowest BCUT2D eigenvalue weighted by Gasteiger charge is -2.12. The summed E-state index contributed by atoms with van der Waals surface area (Å²) in [6.07, 6.45) is -0.0184. The summed E-state index contributed by atoms with van der Waals surface area (Å²) in [5.41, 5.74) is 9.73. The highest BCUT2D eigenvalue weighted by Crippen LogP contribution is 2.25. The van der Waals surface area contributed by atoms with Crippen LogP contribution in [-0.4, -0.2) is 21.4 Å². The smallest absolute Gasteiger partial charge is 0.408 e. The number of benzene rings is 3. The van der Waals surface area contributed by atoms with Crippen molar-refractivity contribution in [1.29, 1.82) is 0 Å². The molecule has 0 aliphatic heterocycles. The molecule has 5 aromatic rings. The maximum atomic E-state index is 13.0. The van der Waals surface area contributed by atoms with Crippen LogP contribution >= 0.6 is 0 Å². The van der Waals surface area contributed by atoms with Gasteiger partial charge in [-0.25, -0.2) is 9.78 Å². The number of hydrogen-bond acceptors (Lipinski definition) is 5. The number of carbonyl (C=O) groups is 2. The number of nitrogens with zero attached hydrogens (tertiary/aromatic N) is 2. The molecular formula is C27H22N4O4. The summed E-state index contributed by atoms with van der Waals surface area (Å²) in [7, 11) is 0. The van der Waals surface area contributed by atoms with Crippen molar-refractivity contribution < 1.29 is 14.0 Å².